The molecule has 4 nitrogen and oxygen atoms in total. The second-order valence-corrected chi connectivity index (χ2v) is 5.52. The van der Waals surface area contributed by atoms with Gasteiger partial charge in [-0.05, 0) is 31.2 Å². The molecular formula is C15H13Cl3N2O2. The Morgan fingerprint density at radius 1 is 1.18 bits per heavy atom. The lowest BCUT2D eigenvalue weighted by Gasteiger charge is -2.07. The minimum absolute atomic E-state index is 0.0600. The Balaban J connectivity index is 2.13. The first kappa shape index (κ1) is 16.7. The van der Waals surface area contributed by atoms with Crippen molar-refractivity contribution in [3.05, 3.63) is 51.0 Å². The van der Waals surface area contributed by atoms with Gasteiger partial charge in [-0.15, -0.1) is 0 Å². The van der Waals surface area contributed by atoms with Crippen LogP contribution in [-0.4, -0.2) is 17.9 Å². The van der Waals surface area contributed by atoms with Gasteiger partial charge in [0.25, 0.3) is 0 Å². The van der Waals surface area contributed by atoms with E-state index in [9.17, 15) is 5.11 Å². The van der Waals surface area contributed by atoms with Crippen molar-refractivity contribution >= 4 is 46.7 Å². The van der Waals surface area contributed by atoms with Gasteiger partial charge >= 0.3 is 0 Å². The molecule has 116 valence electrons. The van der Waals surface area contributed by atoms with Crippen molar-refractivity contribution in [2.75, 3.05) is 12.0 Å². The number of rotatable bonds is 5. The Labute approximate surface area is 143 Å². The first-order valence-electron chi connectivity index (χ1n) is 6.40. The molecule has 0 saturated heterocycles. The highest BCUT2D eigenvalue weighted by Crippen LogP contribution is 2.33. The third-order valence-electron chi connectivity index (χ3n) is 2.70. The second-order valence-electron chi connectivity index (χ2n) is 4.27. The molecule has 0 aliphatic heterocycles. The lowest BCUT2D eigenvalue weighted by molar-refractivity contribution is 0.337. The van der Waals surface area contributed by atoms with Crippen LogP contribution in [0.2, 0.25) is 15.1 Å². The third kappa shape index (κ3) is 4.19. The largest absolute Gasteiger partial charge is 0.507 e. The van der Waals surface area contributed by atoms with E-state index in [4.69, 9.17) is 39.5 Å². The molecular weight excluding hydrogens is 347 g/mol. The molecule has 0 saturated carbocycles. The number of phenols is 1. The standard InChI is InChI=1S/C15H13Cl3N2O2/c1-2-22-11-4-3-9(14(21)7-11)8-19-20-15-12(17)5-10(16)6-13(15)18/h3-8,20-21H,2H2,1H3/b19-8-. The minimum atomic E-state index is 0.0600. The Bertz CT molecular complexity index is 682. The van der Waals surface area contributed by atoms with Crippen LogP contribution >= 0.6 is 34.8 Å². The Kier molecular flexibility index (Phi) is 5.77. The fraction of sp³-hybridized carbons (Fsp3) is 0.133. The maximum Gasteiger partial charge on any atom is 0.128 e. The van der Waals surface area contributed by atoms with E-state index < -0.39 is 0 Å². The molecule has 0 heterocycles. The Morgan fingerprint density at radius 2 is 1.86 bits per heavy atom. The molecule has 0 bridgehead atoms. The Hall–Kier alpha value is -1.62. The monoisotopic (exact) mass is 358 g/mol. The number of nitrogens with zero attached hydrogens (tertiary/aromatic N) is 1. The van der Waals surface area contributed by atoms with Gasteiger partial charge in [0.1, 0.15) is 11.5 Å². The lowest BCUT2D eigenvalue weighted by atomic mass is 10.2. The number of hydrazone groups is 1. The summed E-state index contributed by atoms with van der Waals surface area (Å²) in [7, 11) is 0. The maximum absolute atomic E-state index is 9.89. The number of benzene rings is 2. The van der Waals surface area contributed by atoms with Gasteiger partial charge in [0.15, 0.2) is 0 Å². The summed E-state index contributed by atoms with van der Waals surface area (Å²) in [5.41, 5.74) is 3.69. The van der Waals surface area contributed by atoms with Crippen LogP contribution in [0.1, 0.15) is 12.5 Å². The molecule has 2 aromatic rings. The molecule has 2 aromatic carbocycles. The molecule has 0 amide bonds. The van der Waals surface area contributed by atoms with Crippen molar-refractivity contribution < 1.29 is 9.84 Å². The molecule has 2 N–H and O–H groups in total. The molecule has 0 fully saturated rings. The smallest absolute Gasteiger partial charge is 0.128 e. The van der Waals surface area contributed by atoms with Gasteiger partial charge in [-0.2, -0.15) is 5.10 Å². The fourth-order valence-corrected chi connectivity index (χ4v) is 2.61. The third-order valence-corrected chi connectivity index (χ3v) is 3.51. The summed E-state index contributed by atoms with van der Waals surface area (Å²) in [5.74, 6) is 0.652. The summed E-state index contributed by atoms with van der Waals surface area (Å²) < 4.78 is 5.29. The van der Waals surface area contributed by atoms with Crippen molar-refractivity contribution in [3.63, 3.8) is 0 Å². The zero-order valence-corrected chi connectivity index (χ0v) is 13.9. The van der Waals surface area contributed by atoms with Gasteiger partial charge in [0.05, 0.1) is 28.6 Å². The van der Waals surface area contributed by atoms with Crippen molar-refractivity contribution in [2.24, 2.45) is 5.10 Å². The molecule has 0 aliphatic rings. The van der Waals surface area contributed by atoms with Crippen molar-refractivity contribution in [1.82, 2.24) is 0 Å². The minimum Gasteiger partial charge on any atom is -0.507 e. The average Bonchev–Trinajstić information content (AvgIpc) is 2.44. The molecule has 0 aliphatic carbocycles. The molecule has 0 radical (unpaired) electrons. The zero-order valence-electron chi connectivity index (χ0n) is 11.6. The maximum atomic E-state index is 9.89. The molecule has 0 spiro atoms. The van der Waals surface area contributed by atoms with Crippen LogP contribution in [0.4, 0.5) is 5.69 Å². The number of halogens is 3. The highest BCUT2D eigenvalue weighted by atomic mass is 35.5. The number of ether oxygens (including phenoxy) is 1. The van der Waals surface area contributed by atoms with Crippen LogP contribution in [0.5, 0.6) is 11.5 Å². The van der Waals surface area contributed by atoms with E-state index in [-0.39, 0.29) is 5.75 Å². The average molecular weight is 360 g/mol. The summed E-state index contributed by atoms with van der Waals surface area (Å²) in [4.78, 5) is 0. The van der Waals surface area contributed by atoms with Gasteiger partial charge in [-0.25, -0.2) is 0 Å². The van der Waals surface area contributed by atoms with E-state index in [0.717, 1.165) is 0 Å². The zero-order chi connectivity index (χ0) is 16.1. The molecule has 7 heteroatoms. The number of hydrogen-bond donors (Lipinski definition) is 2. The van der Waals surface area contributed by atoms with Gasteiger partial charge in [-0.3, -0.25) is 5.43 Å². The van der Waals surface area contributed by atoms with Crippen LogP contribution in [0.3, 0.4) is 0 Å². The number of hydrogen-bond acceptors (Lipinski definition) is 4. The van der Waals surface area contributed by atoms with Crippen LogP contribution in [0.25, 0.3) is 0 Å². The SMILES string of the molecule is CCOc1ccc(/C=N\Nc2c(Cl)cc(Cl)cc2Cl)c(O)c1. The predicted molar refractivity (Wildman–Crippen MR) is 92.0 cm³/mol. The van der Waals surface area contributed by atoms with Crippen LogP contribution in [-0.2, 0) is 0 Å². The fourth-order valence-electron chi connectivity index (χ4n) is 1.70. The summed E-state index contributed by atoms with van der Waals surface area (Å²) in [6.45, 7) is 2.40. The van der Waals surface area contributed by atoms with Crippen LogP contribution < -0.4 is 10.2 Å². The molecule has 0 unspecified atom stereocenters. The summed E-state index contributed by atoms with van der Waals surface area (Å²) in [6.07, 6.45) is 1.45. The van der Waals surface area contributed by atoms with Crippen LogP contribution in [0, 0.1) is 0 Å². The number of phenolic OH excluding ortho intramolecular Hbond substituents is 1. The quantitative estimate of drug-likeness (QED) is 0.570. The number of aromatic hydroxyl groups is 1. The van der Waals surface area contributed by atoms with E-state index in [1.54, 1.807) is 24.3 Å². The number of nitrogens with one attached hydrogen (secondary N) is 1. The summed E-state index contributed by atoms with van der Waals surface area (Å²) in [6, 6.07) is 8.07. The van der Waals surface area contributed by atoms with Crippen molar-refractivity contribution in [3.8, 4) is 11.5 Å². The lowest BCUT2D eigenvalue weighted by Crippen LogP contribution is -1.94. The topological polar surface area (TPSA) is 53.8 Å². The van der Waals surface area contributed by atoms with Crippen LogP contribution in [0.15, 0.2) is 35.4 Å². The van der Waals surface area contributed by atoms with E-state index in [1.807, 2.05) is 6.92 Å². The summed E-state index contributed by atoms with van der Waals surface area (Å²) >= 11 is 17.9. The first-order chi connectivity index (χ1) is 10.5. The Morgan fingerprint density at radius 3 is 2.45 bits per heavy atom. The summed E-state index contributed by atoms with van der Waals surface area (Å²) in [5, 5.41) is 15.0. The van der Waals surface area contributed by atoms with E-state index in [0.29, 0.717) is 38.7 Å². The van der Waals surface area contributed by atoms with E-state index >= 15 is 0 Å². The van der Waals surface area contributed by atoms with E-state index in [1.165, 1.54) is 12.3 Å². The highest BCUT2D eigenvalue weighted by molar-refractivity contribution is 6.41. The highest BCUT2D eigenvalue weighted by Gasteiger charge is 2.07. The molecule has 2 rings (SSSR count). The molecule has 0 aromatic heterocycles. The van der Waals surface area contributed by atoms with Gasteiger partial charge in [0, 0.05) is 16.7 Å². The molecule has 0 atom stereocenters. The predicted octanol–water partition coefficient (Wildman–Crippen LogP) is 5.20. The first-order valence-corrected chi connectivity index (χ1v) is 7.54. The number of anilines is 1. The van der Waals surface area contributed by atoms with Gasteiger partial charge < -0.3 is 9.84 Å². The second kappa shape index (κ2) is 7.58. The van der Waals surface area contributed by atoms with Crippen molar-refractivity contribution in [2.45, 2.75) is 6.92 Å². The van der Waals surface area contributed by atoms with E-state index in [2.05, 4.69) is 10.5 Å². The van der Waals surface area contributed by atoms with Crippen molar-refractivity contribution in [1.29, 1.82) is 0 Å². The van der Waals surface area contributed by atoms with Gasteiger partial charge in [-0.1, -0.05) is 34.8 Å². The van der Waals surface area contributed by atoms with Gasteiger partial charge in [0.2, 0.25) is 0 Å². The normalized spacial score (nSPS) is 10.9. The molecule has 22 heavy (non-hydrogen) atoms.